The largest absolute Gasteiger partial charge is 0.459 e. The standard InChI is InChI=1S/C24H34O6/c1-14(2)22(25)28-18-9-7-17(8-10-18)20-12-11-19(29-23(26)15(3)4)13-21(20)30-24(27)16(5)6/h17-21H,1,3,5,7-13H2,2,4,6H3. The molecule has 2 aliphatic rings. The summed E-state index contributed by atoms with van der Waals surface area (Å²) in [5.41, 5.74) is 1.12. The van der Waals surface area contributed by atoms with Crippen molar-refractivity contribution in [2.45, 2.75) is 84.0 Å². The molecule has 6 heteroatoms. The van der Waals surface area contributed by atoms with Gasteiger partial charge in [-0.2, -0.15) is 0 Å². The van der Waals surface area contributed by atoms with E-state index in [1.54, 1.807) is 20.8 Å². The van der Waals surface area contributed by atoms with Crippen molar-refractivity contribution in [3.05, 3.63) is 36.5 Å². The van der Waals surface area contributed by atoms with E-state index in [1.807, 2.05) is 0 Å². The lowest BCUT2D eigenvalue weighted by Crippen LogP contribution is -2.42. The van der Waals surface area contributed by atoms with Crippen LogP contribution in [0.25, 0.3) is 0 Å². The SMILES string of the molecule is C=C(C)C(=O)OC1CCC(C2CCC(OC(=O)C(=C)C)CC2OC(=O)C(=C)C)CC1. The molecule has 0 aromatic carbocycles. The van der Waals surface area contributed by atoms with E-state index in [9.17, 15) is 14.4 Å². The predicted molar refractivity (Wildman–Crippen MR) is 113 cm³/mol. The minimum absolute atomic E-state index is 0.0882. The second-order valence-electron chi connectivity index (χ2n) is 8.73. The Labute approximate surface area is 179 Å². The van der Waals surface area contributed by atoms with Crippen LogP contribution in [0, 0.1) is 11.8 Å². The molecule has 166 valence electrons. The Morgan fingerprint density at radius 1 is 0.633 bits per heavy atom. The molecule has 3 atom stereocenters. The van der Waals surface area contributed by atoms with Crippen LogP contribution in [-0.2, 0) is 28.6 Å². The van der Waals surface area contributed by atoms with Gasteiger partial charge in [0.05, 0.1) is 0 Å². The summed E-state index contributed by atoms with van der Waals surface area (Å²) < 4.78 is 16.8. The highest BCUT2D eigenvalue weighted by molar-refractivity contribution is 5.88. The highest BCUT2D eigenvalue weighted by Crippen LogP contribution is 2.41. The maximum Gasteiger partial charge on any atom is 0.333 e. The van der Waals surface area contributed by atoms with Crippen molar-refractivity contribution in [1.29, 1.82) is 0 Å². The molecule has 0 N–H and O–H groups in total. The van der Waals surface area contributed by atoms with Gasteiger partial charge in [0.1, 0.15) is 18.3 Å². The fourth-order valence-electron chi connectivity index (χ4n) is 4.27. The number of hydrogen-bond donors (Lipinski definition) is 0. The van der Waals surface area contributed by atoms with E-state index in [0.717, 1.165) is 38.5 Å². The summed E-state index contributed by atoms with van der Waals surface area (Å²) in [6, 6.07) is 0. The Kier molecular flexibility index (Phi) is 8.44. The monoisotopic (exact) mass is 418 g/mol. The first kappa shape index (κ1) is 23.9. The maximum absolute atomic E-state index is 12.2. The second kappa shape index (κ2) is 10.6. The zero-order valence-electron chi connectivity index (χ0n) is 18.4. The van der Waals surface area contributed by atoms with Crippen LogP contribution in [0.2, 0.25) is 0 Å². The van der Waals surface area contributed by atoms with Crippen LogP contribution in [-0.4, -0.2) is 36.2 Å². The van der Waals surface area contributed by atoms with Crippen molar-refractivity contribution in [2.24, 2.45) is 11.8 Å². The van der Waals surface area contributed by atoms with Crippen molar-refractivity contribution in [2.75, 3.05) is 0 Å². The van der Waals surface area contributed by atoms with Crippen LogP contribution in [0.4, 0.5) is 0 Å². The van der Waals surface area contributed by atoms with Gasteiger partial charge in [-0.05, 0) is 71.1 Å². The van der Waals surface area contributed by atoms with Gasteiger partial charge in [-0.1, -0.05) is 19.7 Å². The number of carbonyl (C=O) groups is 3. The summed E-state index contributed by atoms with van der Waals surface area (Å²) in [6.07, 6.45) is 4.68. The van der Waals surface area contributed by atoms with E-state index >= 15 is 0 Å². The molecule has 0 heterocycles. The molecule has 2 aliphatic carbocycles. The van der Waals surface area contributed by atoms with Crippen LogP contribution in [0.3, 0.4) is 0 Å². The highest BCUT2D eigenvalue weighted by Gasteiger charge is 2.40. The van der Waals surface area contributed by atoms with Gasteiger partial charge in [-0.25, -0.2) is 14.4 Å². The lowest BCUT2D eigenvalue weighted by Gasteiger charge is -2.41. The number of carbonyl (C=O) groups excluding carboxylic acids is 3. The van der Waals surface area contributed by atoms with Crippen LogP contribution in [0.1, 0.15) is 65.7 Å². The van der Waals surface area contributed by atoms with E-state index in [1.165, 1.54) is 0 Å². The molecule has 0 spiro atoms. The lowest BCUT2D eigenvalue weighted by molar-refractivity contribution is -0.161. The number of esters is 3. The fraction of sp³-hybridized carbons (Fsp3) is 0.625. The Morgan fingerprint density at radius 3 is 1.57 bits per heavy atom. The molecule has 0 saturated heterocycles. The molecule has 0 amide bonds. The van der Waals surface area contributed by atoms with E-state index in [2.05, 4.69) is 19.7 Å². The summed E-state index contributed by atoms with van der Waals surface area (Å²) in [6.45, 7) is 15.8. The minimum atomic E-state index is -0.416. The van der Waals surface area contributed by atoms with Crippen molar-refractivity contribution < 1.29 is 28.6 Å². The van der Waals surface area contributed by atoms with Crippen LogP contribution < -0.4 is 0 Å². The van der Waals surface area contributed by atoms with Gasteiger partial charge in [0, 0.05) is 23.1 Å². The van der Waals surface area contributed by atoms with Gasteiger partial charge >= 0.3 is 17.9 Å². The molecule has 2 fully saturated rings. The molecular formula is C24H34O6. The number of ether oxygens (including phenoxy) is 3. The minimum Gasteiger partial charge on any atom is -0.459 e. The van der Waals surface area contributed by atoms with Gasteiger partial charge < -0.3 is 14.2 Å². The lowest BCUT2D eigenvalue weighted by atomic mass is 9.70. The first-order chi connectivity index (χ1) is 14.1. The van der Waals surface area contributed by atoms with E-state index < -0.39 is 11.9 Å². The van der Waals surface area contributed by atoms with Gasteiger partial charge in [0.15, 0.2) is 0 Å². The third-order valence-corrected chi connectivity index (χ3v) is 5.97. The van der Waals surface area contributed by atoms with Crippen molar-refractivity contribution in [3.63, 3.8) is 0 Å². The predicted octanol–water partition coefficient (Wildman–Crippen LogP) is 4.44. The summed E-state index contributed by atoms with van der Waals surface area (Å²) in [4.78, 5) is 35.9. The van der Waals surface area contributed by atoms with E-state index in [0.29, 0.717) is 29.1 Å². The highest BCUT2D eigenvalue weighted by atomic mass is 16.6. The van der Waals surface area contributed by atoms with Crippen LogP contribution in [0.15, 0.2) is 36.5 Å². The normalized spacial score (nSPS) is 28.7. The van der Waals surface area contributed by atoms with Crippen molar-refractivity contribution >= 4 is 17.9 Å². The molecule has 3 unspecified atom stereocenters. The molecule has 0 aliphatic heterocycles. The quantitative estimate of drug-likeness (QED) is 0.345. The topological polar surface area (TPSA) is 78.9 Å². The number of hydrogen-bond acceptors (Lipinski definition) is 6. The Morgan fingerprint density at radius 2 is 1.07 bits per heavy atom. The number of rotatable bonds is 7. The summed E-state index contributed by atoms with van der Waals surface area (Å²) >= 11 is 0. The average molecular weight is 419 g/mol. The van der Waals surface area contributed by atoms with Crippen LogP contribution >= 0.6 is 0 Å². The fourth-order valence-corrected chi connectivity index (χ4v) is 4.27. The molecule has 2 saturated carbocycles. The smallest absolute Gasteiger partial charge is 0.333 e. The Balaban J connectivity index is 2.00. The third-order valence-electron chi connectivity index (χ3n) is 5.97. The summed E-state index contributed by atoms with van der Waals surface area (Å²) in [7, 11) is 0. The molecular weight excluding hydrogens is 384 g/mol. The molecule has 6 nitrogen and oxygen atoms in total. The van der Waals surface area contributed by atoms with E-state index in [4.69, 9.17) is 14.2 Å². The van der Waals surface area contributed by atoms with Crippen molar-refractivity contribution in [3.8, 4) is 0 Å². The summed E-state index contributed by atoms with van der Waals surface area (Å²) in [5, 5.41) is 0. The third kappa shape index (κ3) is 6.57. The van der Waals surface area contributed by atoms with Gasteiger partial charge in [0.2, 0.25) is 0 Å². The van der Waals surface area contributed by atoms with Crippen molar-refractivity contribution in [1.82, 2.24) is 0 Å². The zero-order chi connectivity index (χ0) is 22.4. The second-order valence-corrected chi connectivity index (χ2v) is 8.73. The van der Waals surface area contributed by atoms with Gasteiger partial charge in [-0.15, -0.1) is 0 Å². The first-order valence-electron chi connectivity index (χ1n) is 10.7. The van der Waals surface area contributed by atoms with Gasteiger partial charge in [0.25, 0.3) is 0 Å². The Hall–Kier alpha value is -2.37. The molecule has 2 rings (SSSR count). The first-order valence-corrected chi connectivity index (χ1v) is 10.7. The molecule has 30 heavy (non-hydrogen) atoms. The van der Waals surface area contributed by atoms with E-state index in [-0.39, 0.29) is 30.2 Å². The zero-order valence-corrected chi connectivity index (χ0v) is 18.4. The molecule has 0 radical (unpaired) electrons. The van der Waals surface area contributed by atoms with Crippen LogP contribution in [0.5, 0.6) is 0 Å². The summed E-state index contributed by atoms with van der Waals surface area (Å²) in [5.74, 6) is -0.618. The molecule has 0 aromatic rings. The maximum atomic E-state index is 12.2. The molecule has 0 aromatic heterocycles. The average Bonchev–Trinajstić information content (AvgIpc) is 2.68. The Bertz CT molecular complexity index is 713. The molecule has 0 bridgehead atoms. The van der Waals surface area contributed by atoms with Gasteiger partial charge in [-0.3, -0.25) is 0 Å².